The van der Waals surface area contributed by atoms with Crippen LogP contribution in [0.4, 0.5) is 20.2 Å². The lowest BCUT2D eigenvalue weighted by Gasteiger charge is -2.17. The Morgan fingerprint density at radius 3 is 2.27 bits per heavy atom. The van der Waals surface area contributed by atoms with Crippen molar-refractivity contribution in [3.05, 3.63) is 101 Å². The highest BCUT2D eigenvalue weighted by atomic mass is 19.2. The minimum absolute atomic E-state index is 0.0660. The number of likely N-dealkylation sites (N-methyl/N-ethyl adjacent to an activating group) is 1. The van der Waals surface area contributed by atoms with E-state index in [2.05, 4.69) is 5.32 Å². The molecule has 2 N–H and O–H groups in total. The van der Waals surface area contributed by atoms with Gasteiger partial charge in [-0.1, -0.05) is 24.3 Å². The summed E-state index contributed by atoms with van der Waals surface area (Å²) in [6.07, 6.45) is 3.15. The van der Waals surface area contributed by atoms with Gasteiger partial charge in [-0.2, -0.15) is 0 Å². The number of nitrogens with zero attached hydrogens (tertiary/aromatic N) is 1. The van der Waals surface area contributed by atoms with E-state index in [1.807, 2.05) is 36.2 Å². The number of amides is 1. The number of carbonyl (C=O) groups excluding carboxylic acids is 2. The molecule has 33 heavy (non-hydrogen) atoms. The second kappa shape index (κ2) is 10.7. The molecule has 170 valence electrons. The van der Waals surface area contributed by atoms with Crippen molar-refractivity contribution < 1.29 is 23.5 Å². The zero-order valence-electron chi connectivity index (χ0n) is 18.3. The van der Waals surface area contributed by atoms with Crippen LogP contribution in [0.3, 0.4) is 0 Å². The summed E-state index contributed by atoms with van der Waals surface area (Å²) in [7, 11) is 1.88. The summed E-state index contributed by atoms with van der Waals surface area (Å²) in [6.45, 7) is 2.01. The number of nitrogens with one attached hydrogen (secondary N) is 1. The van der Waals surface area contributed by atoms with Gasteiger partial charge in [0.25, 0.3) is 5.91 Å². The van der Waals surface area contributed by atoms with Crippen LogP contribution in [-0.2, 0) is 0 Å². The molecule has 0 aromatic heterocycles. The molecule has 0 aliphatic heterocycles. The first kappa shape index (κ1) is 23.8. The number of aliphatic hydroxyl groups excluding tert-OH is 1. The van der Waals surface area contributed by atoms with E-state index in [1.165, 1.54) is 37.3 Å². The molecule has 0 aliphatic carbocycles. The maximum Gasteiger partial charge on any atom is 0.258 e. The average Bonchev–Trinajstić information content (AvgIpc) is 2.82. The third-order valence-corrected chi connectivity index (χ3v) is 5.14. The fraction of sp³-hybridized carbons (Fsp3) is 0.154. The minimum atomic E-state index is -1.20. The standard InChI is InChI=1S/C26H24F2N2O3/c1-17-3-13-22(25(28)24(17)27)26(33)29-20-9-7-19(8-10-20)23(32)14-6-18-4-11-21(12-5-18)30(2)15-16-31/h3-14,31H,15-16H2,1-2H3,(H,29,33)/b14-6+. The van der Waals surface area contributed by atoms with Crippen molar-refractivity contribution in [1.82, 2.24) is 0 Å². The summed E-state index contributed by atoms with van der Waals surface area (Å²) in [6, 6.07) is 16.2. The third-order valence-electron chi connectivity index (χ3n) is 5.14. The summed E-state index contributed by atoms with van der Waals surface area (Å²) < 4.78 is 27.7. The molecule has 0 spiro atoms. The van der Waals surface area contributed by atoms with Crippen molar-refractivity contribution >= 4 is 29.1 Å². The second-order valence-corrected chi connectivity index (χ2v) is 7.52. The largest absolute Gasteiger partial charge is 0.395 e. The van der Waals surface area contributed by atoms with Crippen molar-refractivity contribution in [2.45, 2.75) is 6.92 Å². The number of allylic oxidation sites excluding steroid dienone is 1. The van der Waals surface area contributed by atoms with Crippen LogP contribution in [0, 0.1) is 18.6 Å². The van der Waals surface area contributed by atoms with E-state index in [0.29, 0.717) is 17.8 Å². The van der Waals surface area contributed by atoms with Gasteiger partial charge in [-0.15, -0.1) is 0 Å². The molecule has 3 rings (SSSR count). The van der Waals surface area contributed by atoms with Crippen molar-refractivity contribution in [2.75, 3.05) is 30.4 Å². The van der Waals surface area contributed by atoms with Gasteiger partial charge in [-0.3, -0.25) is 9.59 Å². The molecule has 0 aliphatic rings. The summed E-state index contributed by atoms with van der Waals surface area (Å²) in [5.74, 6) is -3.25. The second-order valence-electron chi connectivity index (χ2n) is 7.52. The Kier molecular flexibility index (Phi) is 7.69. The molecule has 0 heterocycles. The van der Waals surface area contributed by atoms with Gasteiger partial charge in [0.1, 0.15) is 0 Å². The smallest absolute Gasteiger partial charge is 0.258 e. The number of anilines is 2. The number of aryl methyl sites for hydroxylation is 1. The van der Waals surface area contributed by atoms with E-state index < -0.39 is 23.1 Å². The van der Waals surface area contributed by atoms with Crippen molar-refractivity contribution in [2.24, 2.45) is 0 Å². The summed E-state index contributed by atoms with van der Waals surface area (Å²) in [5, 5.41) is 11.5. The normalized spacial score (nSPS) is 10.9. The van der Waals surface area contributed by atoms with Gasteiger partial charge in [-0.25, -0.2) is 8.78 Å². The molecule has 0 atom stereocenters. The average molecular weight is 450 g/mol. The summed E-state index contributed by atoms with van der Waals surface area (Å²) in [5.41, 5.74) is 2.29. The lowest BCUT2D eigenvalue weighted by molar-refractivity contribution is 0.102. The first-order valence-electron chi connectivity index (χ1n) is 10.3. The van der Waals surface area contributed by atoms with E-state index in [-0.39, 0.29) is 18.0 Å². The molecule has 5 nitrogen and oxygen atoms in total. The molecule has 3 aromatic rings. The van der Waals surface area contributed by atoms with E-state index in [1.54, 1.807) is 18.2 Å². The topological polar surface area (TPSA) is 69.6 Å². The molecule has 0 bridgehead atoms. The van der Waals surface area contributed by atoms with Crippen LogP contribution in [-0.4, -0.2) is 37.0 Å². The minimum Gasteiger partial charge on any atom is -0.395 e. The maximum absolute atomic E-state index is 14.0. The van der Waals surface area contributed by atoms with Gasteiger partial charge in [0.05, 0.1) is 12.2 Å². The number of hydrogen-bond donors (Lipinski definition) is 2. The van der Waals surface area contributed by atoms with Gasteiger partial charge in [0, 0.05) is 30.5 Å². The predicted octanol–water partition coefficient (Wildman–Crippen LogP) is 4.85. The SMILES string of the molecule is Cc1ccc(C(=O)Nc2ccc(C(=O)/C=C/c3ccc(N(C)CCO)cc3)cc2)c(F)c1F. The van der Waals surface area contributed by atoms with Gasteiger partial charge in [-0.05, 0) is 66.6 Å². The van der Waals surface area contributed by atoms with Gasteiger partial charge < -0.3 is 15.3 Å². The zero-order chi connectivity index (χ0) is 24.0. The fourth-order valence-electron chi connectivity index (χ4n) is 3.12. The molecule has 3 aromatic carbocycles. The Hall–Kier alpha value is -3.84. The highest BCUT2D eigenvalue weighted by Crippen LogP contribution is 2.19. The number of carbonyl (C=O) groups is 2. The fourth-order valence-corrected chi connectivity index (χ4v) is 3.12. The molecule has 1 amide bonds. The van der Waals surface area contributed by atoms with Crippen molar-refractivity contribution in [3.63, 3.8) is 0 Å². The predicted molar refractivity (Wildman–Crippen MR) is 126 cm³/mol. The third kappa shape index (κ3) is 5.90. The number of hydrogen-bond acceptors (Lipinski definition) is 4. The van der Waals surface area contributed by atoms with Crippen LogP contribution in [0.15, 0.2) is 66.7 Å². The Balaban J connectivity index is 1.63. The van der Waals surface area contributed by atoms with Crippen LogP contribution in [0.5, 0.6) is 0 Å². The summed E-state index contributed by atoms with van der Waals surface area (Å²) in [4.78, 5) is 26.6. The highest BCUT2D eigenvalue weighted by molar-refractivity contribution is 6.08. The van der Waals surface area contributed by atoms with Crippen molar-refractivity contribution in [1.29, 1.82) is 0 Å². The van der Waals surface area contributed by atoms with Gasteiger partial charge >= 0.3 is 0 Å². The van der Waals surface area contributed by atoms with E-state index in [9.17, 15) is 18.4 Å². The first-order chi connectivity index (χ1) is 15.8. The van der Waals surface area contributed by atoms with E-state index in [0.717, 1.165) is 11.3 Å². The number of ketones is 1. The Morgan fingerprint density at radius 2 is 1.64 bits per heavy atom. The monoisotopic (exact) mass is 450 g/mol. The van der Waals surface area contributed by atoms with Crippen molar-refractivity contribution in [3.8, 4) is 0 Å². The van der Waals surface area contributed by atoms with Gasteiger partial charge in [0.2, 0.25) is 0 Å². The van der Waals surface area contributed by atoms with Crippen LogP contribution < -0.4 is 10.2 Å². The molecule has 0 unspecified atom stereocenters. The van der Waals surface area contributed by atoms with Gasteiger partial charge in [0.15, 0.2) is 17.4 Å². The van der Waals surface area contributed by atoms with Crippen LogP contribution >= 0.6 is 0 Å². The van der Waals surface area contributed by atoms with E-state index >= 15 is 0 Å². The molecular weight excluding hydrogens is 426 g/mol. The zero-order valence-corrected chi connectivity index (χ0v) is 18.3. The van der Waals surface area contributed by atoms with Crippen LogP contribution in [0.1, 0.15) is 31.8 Å². The number of benzene rings is 3. The number of rotatable bonds is 8. The molecular formula is C26H24F2N2O3. The molecule has 0 fully saturated rings. The Labute approximate surface area is 191 Å². The Morgan fingerprint density at radius 1 is 0.970 bits per heavy atom. The molecule has 0 saturated heterocycles. The lowest BCUT2D eigenvalue weighted by atomic mass is 10.1. The molecule has 0 radical (unpaired) electrons. The lowest BCUT2D eigenvalue weighted by Crippen LogP contribution is -2.20. The summed E-state index contributed by atoms with van der Waals surface area (Å²) >= 11 is 0. The van der Waals surface area contributed by atoms with Crippen LogP contribution in [0.2, 0.25) is 0 Å². The highest BCUT2D eigenvalue weighted by Gasteiger charge is 2.17. The maximum atomic E-state index is 14.0. The van der Waals surface area contributed by atoms with E-state index in [4.69, 9.17) is 5.11 Å². The molecule has 7 heteroatoms. The Bertz CT molecular complexity index is 1170. The van der Waals surface area contributed by atoms with Crippen LogP contribution in [0.25, 0.3) is 6.08 Å². The molecule has 0 saturated carbocycles. The quantitative estimate of drug-likeness (QED) is 0.380. The number of aliphatic hydroxyl groups is 1. The first-order valence-corrected chi connectivity index (χ1v) is 10.3. The number of halogens is 2.